The molecule has 0 saturated heterocycles. The number of nitrogen functional groups attached to an aromatic ring is 1. The Morgan fingerprint density at radius 3 is 2.42 bits per heavy atom. The molecule has 1 aromatic heterocycles. The average molecular weight is 411 g/mol. The van der Waals surface area contributed by atoms with Gasteiger partial charge < -0.3 is 10.8 Å². The van der Waals surface area contributed by atoms with Crippen LogP contribution in [0.1, 0.15) is 21.6 Å². The molecule has 0 atom stereocenters. The van der Waals surface area contributed by atoms with Crippen LogP contribution in [0.5, 0.6) is 0 Å². The zero-order chi connectivity index (χ0) is 18.9. The number of hydrogen-bond donors (Lipinski definition) is 2. The third-order valence-corrected chi connectivity index (χ3v) is 4.08. The summed E-state index contributed by atoms with van der Waals surface area (Å²) in [6.07, 6.45) is 3.05. The van der Waals surface area contributed by atoms with Crippen LogP contribution < -0.4 is 5.73 Å². The molecule has 0 spiro atoms. The van der Waals surface area contributed by atoms with Crippen LogP contribution >= 0.6 is 15.9 Å². The van der Waals surface area contributed by atoms with E-state index in [1.54, 1.807) is 24.4 Å². The van der Waals surface area contributed by atoms with Crippen LogP contribution in [0.2, 0.25) is 0 Å². The Kier molecular flexibility index (Phi) is 6.83. The number of aromatic nitrogens is 2. The minimum absolute atomic E-state index is 0.155. The Labute approximate surface area is 159 Å². The van der Waals surface area contributed by atoms with Gasteiger partial charge >= 0.3 is 5.97 Å². The molecule has 3 aromatic rings. The summed E-state index contributed by atoms with van der Waals surface area (Å²) >= 11 is 3.39. The second-order valence-electron chi connectivity index (χ2n) is 5.12. The molecule has 0 saturated carbocycles. The van der Waals surface area contributed by atoms with Gasteiger partial charge in [0.2, 0.25) is 0 Å². The molecule has 3 N–H and O–H groups in total. The van der Waals surface area contributed by atoms with Crippen LogP contribution in [-0.2, 0) is 5.33 Å². The van der Waals surface area contributed by atoms with Gasteiger partial charge in [0.25, 0.3) is 0 Å². The zero-order valence-corrected chi connectivity index (χ0v) is 15.2. The number of carboxylic acid groups (broad SMARTS) is 1. The Hall–Kier alpha value is -3.24. The standard InChI is InChI=1S/C12H8BrN3.C7H7NO2/c13-5-9-1-3-10(4-2-9)11-7-15-8-16-12(11)6-14;8-6-4-2-1-3-5(6)7(9)10/h1-4,7-8H,5H2;1-4H,8H2,(H,9,10). The molecular weight excluding hydrogens is 396 g/mol. The van der Waals surface area contributed by atoms with Crippen molar-refractivity contribution in [3.8, 4) is 17.2 Å². The number of para-hydroxylation sites is 1. The van der Waals surface area contributed by atoms with Gasteiger partial charge in [-0.25, -0.2) is 14.8 Å². The molecule has 0 aliphatic carbocycles. The smallest absolute Gasteiger partial charge is 0.337 e. The number of hydrogen-bond acceptors (Lipinski definition) is 5. The molecule has 26 heavy (non-hydrogen) atoms. The van der Waals surface area contributed by atoms with Gasteiger partial charge in [0, 0.05) is 22.8 Å². The molecule has 0 aliphatic heterocycles. The summed E-state index contributed by atoms with van der Waals surface area (Å²) in [5.41, 5.74) is 9.12. The van der Waals surface area contributed by atoms with Crippen LogP contribution in [0.15, 0.2) is 61.1 Å². The van der Waals surface area contributed by atoms with Gasteiger partial charge in [-0.1, -0.05) is 52.3 Å². The quantitative estimate of drug-likeness (QED) is 0.500. The Morgan fingerprint density at radius 2 is 1.88 bits per heavy atom. The van der Waals surface area contributed by atoms with Crippen molar-refractivity contribution in [2.45, 2.75) is 5.33 Å². The first-order chi connectivity index (χ1) is 12.6. The molecule has 7 heteroatoms. The molecule has 0 fully saturated rings. The number of halogens is 1. The summed E-state index contributed by atoms with van der Waals surface area (Å²) in [5, 5.41) is 18.2. The highest BCUT2D eigenvalue weighted by Crippen LogP contribution is 2.21. The molecular formula is C19H15BrN4O2. The fraction of sp³-hybridized carbons (Fsp3) is 0.0526. The van der Waals surface area contributed by atoms with E-state index in [1.165, 1.54) is 18.0 Å². The number of carboxylic acids is 1. The number of carbonyl (C=O) groups is 1. The van der Waals surface area contributed by atoms with Gasteiger partial charge in [0.05, 0.1) is 5.56 Å². The zero-order valence-electron chi connectivity index (χ0n) is 13.6. The number of rotatable bonds is 3. The van der Waals surface area contributed by atoms with Crippen LogP contribution in [0.4, 0.5) is 5.69 Å². The largest absolute Gasteiger partial charge is 0.478 e. The van der Waals surface area contributed by atoms with E-state index >= 15 is 0 Å². The first kappa shape index (κ1) is 19.1. The van der Waals surface area contributed by atoms with Crippen molar-refractivity contribution >= 4 is 27.6 Å². The van der Waals surface area contributed by atoms with E-state index in [1.807, 2.05) is 24.3 Å². The summed E-state index contributed by atoms with van der Waals surface area (Å²) in [6.45, 7) is 0. The van der Waals surface area contributed by atoms with Gasteiger partial charge in [-0.15, -0.1) is 0 Å². The van der Waals surface area contributed by atoms with E-state index in [-0.39, 0.29) is 5.56 Å². The number of nitrogens with zero attached hydrogens (tertiary/aromatic N) is 3. The summed E-state index contributed by atoms with van der Waals surface area (Å²) in [5.74, 6) is -0.988. The normalized spacial score (nSPS) is 9.54. The van der Waals surface area contributed by atoms with Crippen molar-refractivity contribution in [2.75, 3.05) is 5.73 Å². The van der Waals surface area contributed by atoms with Crippen LogP contribution in [-0.4, -0.2) is 21.0 Å². The first-order valence-electron chi connectivity index (χ1n) is 7.50. The maximum Gasteiger partial charge on any atom is 0.337 e. The summed E-state index contributed by atoms with van der Waals surface area (Å²) in [4.78, 5) is 18.2. The molecule has 0 bridgehead atoms. The Morgan fingerprint density at radius 1 is 1.19 bits per heavy atom. The molecule has 130 valence electrons. The van der Waals surface area contributed by atoms with Crippen molar-refractivity contribution in [1.82, 2.24) is 9.97 Å². The fourth-order valence-corrected chi connectivity index (χ4v) is 2.47. The van der Waals surface area contributed by atoms with E-state index in [0.717, 1.165) is 16.5 Å². The van der Waals surface area contributed by atoms with Gasteiger partial charge in [-0.05, 0) is 23.3 Å². The van der Waals surface area contributed by atoms with E-state index < -0.39 is 5.97 Å². The van der Waals surface area contributed by atoms with Crippen LogP contribution in [0.3, 0.4) is 0 Å². The van der Waals surface area contributed by atoms with Crippen molar-refractivity contribution in [3.63, 3.8) is 0 Å². The maximum absolute atomic E-state index is 10.3. The predicted octanol–water partition coefficient (Wildman–Crippen LogP) is 3.88. The Balaban J connectivity index is 0.000000209. The number of alkyl halides is 1. The lowest BCUT2D eigenvalue weighted by Crippen LogP contribution is -2.00. The molecule has 0 radical (unpaired) electrons. The summed E-state index contributed by atoms with van der Waals surface area (Å²) in [7, 11) is 0. The van der Waals surface area contributed by atoms with Gasteiger partial charge in [0.15, 0.2) is 5.69 Å². The molecule has 6 nitrogen and oxygen atoms in total. The monoisotopic (exact) mass is 410 g/mol. The maximum atomic E-state index is 10.3. The third-order valence-electron chi connectivity index (χ3n) is 3.43. The minimum atomic E-state index is -0.988. The highest BCUT2D eigenvalue weighted by molar-refractivity contribution is 9.08. The number of nitriles is 1. The summed E-state index contributed by atoms with van der Waals surface area (Å²) in [6, 6.07) is 16.4. The second-order valence-corrected chi connectivity index (χ2v) is 5.68. The lowest BCUT2D eigenvalue weighted by molar-refractivity contribution is 0.0698. The summed E-state index contributed by atoms with van der Waals surface area (Å²) < 4.78 is 0. The fourth-order valence-electron chi connectivity index (χ4n) is 2.10. The minimum Gasteiger partial charge on any atom is -0.478 e. The van der Waals surface area contributed by atoms with Gasteiger partial charge in [-0.3, -0.25) is 0 Å². The highest BCUT2D eigenvalue weighted by atomic mass is 79.9. The molecule has 2 aromatic carbocycles. The van der Waals surface area contributed by atoms with Crippen molar-refractivity contribution in [1.29, 1.82) is 5.26 Å². The SMILES string of the molecule is N#Cc1ncncc1-c1ccc(CBr)cc1.Nc1ccccc1C(=O)O. The van der Waals surface area contributed by atoms with Crippen LogP contribution in [0, 0.1) is 11.3 Å². The number of benzene rings is 2. The number of aromatic carboxylic acids is 1. The third kappa shape index (κ3) is 4.88. The highest BCUT2D eigenvalue weighted by Gasteiger charge is 2.05. The topological polar surface area (TPSA) is 113 Å². The van der Waals surface area contributed by atoms with Gasteiger partial charge in [0.1, 0.15) is 12.4 Å². The Bertz CT molecular complexity index is 937. The van der Waals surface area contributed by atoms with E-state index in [4.69, 9.17) is 16.1 Å². The average Bonchev–Trinajstić information content (AvgIpc) is 2.68. The van der Waals surface area contributed by atoms with Gasteiger partial charge in [-0.2, -0.15) is 5.26 Å². The molecule has 0 amide bonds. The lowest BCUT2D eigenvalue weighted by atomic mass is 10.0. The van der Waals surface area contributed by atoms with Crippen molar-refractivity contribution in [3.05, 3.63) is 77.9 Å². The molecule has 3 rings (SSSR count). The lowest BCUT2D eigenvalue weighted by Gasteiger charge is -2.03. The molecule has 1 heterocycles. The second kappa shape index (κ2) is 9.30. The van der Waals surface area contributed by atoms with E-state index in [2.05, 4.69) is 32.0 Å². The predicted molar refractivity (Wildman–Crippen MR) is 103 cm³/mol. The first-order valence-corrected chi connectivity index (χ1v) is 8.62. The van der Waals surface area contributed by atoms with E-state index in [0.29, 0.717) is 11.4 Å². The van der Waals surface area contributed by atoms with Crippen molar-refractivity contribution in [2.24, 2.45) is 0 Å². The van der Waals surface area contributed by atoms with Crippen LogP contribution in [0.25, 0.3) is 11.1 Å². The number of anilines is 1. The molecule has 0 aliphatic rings. The molecule has 0 unspecified atom stereocenters. The van der Waals surface area contributed by atoms with E-state index in [9.17, 15) is 4.79 Å². The van der Waals surface area contributed by atoms with Crippen molar-refractivity contribution < 1.29 is 9.90 Å². The number of nitrogens with two attached hydrogens (primary N) is 1.